The normalized spacial score (nSPS) is 22.7. The first-order valence-corrected chi connectivity index (χ1v) is 12.3. The Morgan fingerprint density at radius 2 is 2.00 bits per heavy atom. The number of ether oxygens (including phenoxy) is 2. The van der Waals surface area contributed by atoms with Crippen molar-refractivity contribution in [3.8, 4) is 5.75 Å². The van der Waals surface area contributed by atoms with Gasteiger partial charge in [0.2, 0.25) is 0 Å². The number of piperidine rings is 1. The molecule has 0 unspecified atom stereocenters. The van der Waals surface area contributed by atoms with E-state index in [1.54, 1.807) is 6.08 Å². The number of hydrogen-bond acceptors (Lipinski definition) is 7. The van der Waals surface area contributed by atoms with Crippen LogP contribution in [0, 0.1) is 0 Å². The summed E-state index contributed by atoms with van der Waals surface area (Å²) in [4.78, 5) is 38.7. The molecule has 0 bridgehead atoms. The maximum Gasteiger partial charge on any atom is 0.407 e. The molecule has 1 aromatic rings. The maximum atomic E-state index is 12.3. The Balaban J connectivity index is 1.60. The summed E-state index contributed by atoms with van der Waals surface area (Å²) in [6.07, 6.45) is 6.48. The van der Waals surface area contributed by atoms with Crippen molar-refractivity contribution in [2.24, 2.45) is 0 Å². The predicted molar refractivity (Wildman–Crippen MR) is 128 cm³/mol. The van der Waals surface area contributed by atoms with Crippen molar-refractivity contribution in [1.29, 1.82) is 0 Å². The topological polar surface area (TPSA) is 97.0 Å². The number of hydrogen-bond donors (Lipinski definition) is 2. The average Bonchev–Trinajstić information content (AvgIpc) is 3.00. The highest BCUT2D eigenvalue weighted by Crippen LogP contribution is 2.39. The smallest absolute Gasteiger partial charge is 0.407 e. The number of benzene rings is 1. The van der Waals surface area contributed by atoms with E-state index in [2.05, 4.69) is 15.5 Å². The van der Waals surface area contributed by atoms with E-state index in [0.29, 0.717) is 11.4 Å². The van der Waals surface area contributed by atoms with Gasteiger partial charge < -0.3 is 19.7 Å². The van der Waals surface area contributed by atoms with E-state index in [-0.39, 0.29) is 23.3 Å². The van der Waals surface area contributed by atoms with Gasteiger partial charge in [-0.25, -0.2) is 4.79 Å². The molecule has 4 rings (SSSR count). The van der Waals surface area contributed by atoms with Gasteiger partial charge in [0.1, 0.15) is 11.4 Å². The molecule has 2 saturated heterocycles. The van der Waals surface area contributed by atoms with Crippen LogP contribution in [-0.2, 0) is 9.53 Å². The number of rotatable bonds is 5. The van der Waals surface area contributed by atoms with Gasteiger partial charge >= 0.3 is 6.09 Å². The van der Waals surface area contributed by atoms with Gasteiger partial charge in [0.15, 0.2) is 0 Å². The molecule has 3 aliphatic rings. The molecule has 0 spiro atoms. The lowest BCUT2D eigenvalue weighted by Crippen LogP contribution is -2.49. The van der Waals surface area contributed by atoms with Crippen molar-refractivity contribution in [2.75, 3.05) is 18.0 Å². The number of para-hydroxylation sites is 1. The summed E-state index contributed by atoms with van der Waals surface area (Å²) in [7, 11) is 0. The van der Waals surface area contributed by atoms with Crippen LogP contribution in [-0.4, -0.2) is 48.1 Å². The Morgan fingerprint density at radius 1 is 1.21 bits per heavy atom. The van der Waals surface area contributed by atoms with Gasteiger partial charge in [-0.05, 0) is 76.8 Å². The van der Waals surface area contributed by atoms with Crippen LogP contribution in [0.4, 0.5) is 15.3 Å². The molecular formula is C24H31N3O5S. The van der Waals surface area contributed by atoms with E-state index in [4.69, 9.17) is 9.47 Å². The van der Waals surface area contributed by atoms with E-state index >= 15 is 0 Å². The van der Waals surface area contributed by atoms with Gasteiger partial charge in [0.05, 0.1) is 16.7 Å². The van der Waals surface area contributed by atoms with Crippen LogP contribution in [0.5, 0.6) is 5.75 Å². The lowest BCUT2D eigenvalue weighted by Gasteiger charge is -2.37. The molecule has 2 heterocycles. The molecular weight excluding hydrogens is 442 g/mol. The number of carbonyl (C=O) groups is 3. The third-order valence-electron chi connectivity index (χ3n) is 5.76. The average molecular weight is 474 g/mol. The van der Waals surface area contributed by atoms with E-state index < -0.39 is 11.7 Å². The van der Waals surface area contributed by atoms with E-state index in [9.17, 15) is 14.4 Å². The molecule has 0 aromatic heterocycles. The Kier molecular flexibility index (Phi) is 6.88. The number of nitrogens with zero attached hydrogens (tertiary/aromatic N) is 1. The number of thioether (sulfide) groups is 1. The SMILES string of the molecule is CC(C)(C)OC(=O)N[C@@H]1CCCN(c2c(/C=C3\SC(=O)NC3=O)cccc2OC2CCC2)C1. The van der Waals surface area contributed by atoms with Crippen molar-refractivity contribution in [3.05, 3.63) is 28.7 Å². The standard InChI is InChI=1S/C24H31N3O5S/c1-24(2,3)32-22(29)25-16-8-6-12-27(14-16)20-15(13-19-21(28)26-23(30)33-19)7-4-11-18(20)31-17-9-5-10-17/h4,7,11,13,16-17H,5-6,8-10,12,14H2,1-3H3,(H,25,29)(H,26,28,30)/b19-13-/t16-/m1/s1. The molecule has 1 atom stereocenters. The third-order valence-corrected chi connectivity index (χ3v) is 6.57. The fourth-order valence-corrected chi connectivity index (χ4v) is 4.77. The highest BCUT2D eigenvalue weighted by atomic mass is 32.2. The Bertz CT molecular complexity index is 967. The fraction of sp³-hybridized carbons (Fsp3) is 0.542. The molecule has 0 radical (unpaired) electrons. The van der Waals surface area contributed by atoms with Crippen molar-refractivity contribution in [2.45, 2.75) is 70.6 Å². The molecule has 3 amide bonds. The summed E-state index contributed by atoms with van der Waals surface area (Å²) >= 11 is 0.902. The van der Waals surface area contributed by atoms with Crippen LogP contribution in [0.15, 0.2) is 23.1 Å². The van der Waals surface area contributed by atoms with Gasteiger partial charge in [-0.2, -0.15) is 0 Å². The zero-order chi connectivity index (χ0) is 23.6. The second-order valence-electron chi connectivity index (χ2n) is 9.65. The van der Waals surface area contributed by atoms with E-state index in [1.165, 1.54) is 0 Å². The summed E-state index contributed by atoms with van der Waals surface area (Å²) in [6, 6.07) is 5.71. The van der Waals surface area contributed by atoms with Crippen LogP contribution in [0.25, 0.3) is 6.08 Å². The molecule has 2 aliphatic heterocycles. The van der Waals surface area contributed by atoms with Gasteiger partial charge in [0, 0.05) is 24.7 Å². The predicted octanol–water partition coefficient (Wildman–Crippen LogP) is 4.44. The number of alkyl carbamates (subject to hydrolysis) is 1. The molecule has 8 nitrogen and oxygen atoms in total. The summed E-state index contributed by atoms with van der Waals surface area (Å²) in [5, 5.41) is 4.93. The Labute approximate surface area is 198 Å². The molecule has 3 fully saturated rings. The van der Waals surface area contributed by atoms with Gasteiger partial charge in [-0.1, -0.05) is 12.1 Å². The molecule has 33 heavy (non-hydrogen) atoms. The largest absolute Gasteiger partial charge is 0.488 e. The summed E-state index contributed by atoms with van der Waals surface area (Å²) in [5.74, 6) is 0.381. The first-order valence-electron chi connectivity index (χ1n) is 11.5. The molecule has 178 valence electrons. The quantitative estimate of drug-likeness (QED) is 0.611. The van der Waals surface area contributed by atoms with Crippen molar-refractivity contribution in [3.63, 3.8) is 0 Å². The van der Waals surface area contributed by atoms with Crippen molar-refractivity contribution >= 4 is 40.8 Å². The van der Waals surface area contributed by atoms with Gasteiger partial charge in [-0.15, -0.1) is 0 Å². The molecule has 2 N–H and O–H groups in total. The number of imide groups is 1. The van der Waals surface area contributed by atoms with Crippen LogP contribution in [0.1, 0.15) is 58.4 Å². The number of carbonyl (C=O) groups excluding carboxylic acids is 3. The summed E-state index contributed by atoms with van der Waals surface area (Å²) < 4.78 is 11.7. The highest BCUT2D eigenvalue weighted by molar-refractivity contribution is 8.18. The van der Waals surface area contributed by atoms with Crippen molar-refractivity contribution in [1.82, 2.24) is 10.6 Å². The monoisotopic (exact) mass is 473 g/mol. The van der Waals surface area contributed by atoms with Crippen molar-refractivity contribution < 1.29 is 23.9 Å². The number of nitrogens with one attached hydrogen (secondary N) is 2. The fourth-order valence-electron chi connectivity index (χ4n) is 4.09. The summed E-state index contributed by atoms with van der Waals surface area (Å²) in [5.41, 5.74) is 1.15. The minimum atomic E-state index is -0.558. The molecule has 1 aliphatic carbocycles. The highest BCUT2D eigenvalue weighted by Gasteiger charge is 2.30. The lowest BCUT2D eigenvalue weighted by molar-refractivity contribution is -0.115. The second kappa shape index (κ2) is 9.67. The Hall–Kier alpha value is -2.68. The van der Waals surface area contributed by atoms with Gasteiger partial charge in [-0.3, -0.25) is 14.9 Å². The minimum absolute atomic E-state index is 0.0726. The van der Waals surface area contributed by atoms with Crippen LogP contribution < -0.4 is 20.3 Å². The van der Waals surface area contributed by atoms with E-state index in [0.717, 1.165) is 67.4 Å². The minimum Gasteiger partial charge on any atom is -0.488 e. The second-order valence-corrected chi connectivity index (χ2v) is 10.7. The Morgan fingerprint density at radius 3 is 2.64 bits per heavy atom. The molecule has 9 heteroatoms. The maximum absolute atomic E-state index is 12.3. The number of amides is 3. The first-order chi connectivity index (χ1) is 15.7. The molecule has 1 saturated carbocycles. The van der Waals surface area contributed by atoms with E-state index in [1.807, 2.05) is 39.0 Å². The first kappa shape index (κ1) is 23.5. The molecule has 1 aromatic carbocycles. The van der Waals surface area contributed by atoms with Crippen LogP contribution in [0.3, 0.4) is 0 Å². The number of anilines is 1. The third kappa shape index (κ3) is 6.01. The lowest BCUT2D eigenvalue weighted by atomic mass is 9.96. The van der Waals surface area contributed by atoms with Gasteiger partial charge in [0.25, 0.3) is 11.1 Å². The van der Waals surface area contributed by atoms with Crippen LogP contribution >= 0.6 is 11.8 Å². The zero-order valence-corrected chi connectivity index (χ0v) is 20.1. The summed E-state index contributed by atoms with van der Waals surface area (Å²) in [6.45, 7) is 6.92. The zero-order valence-electron chi connectivity index (χ0n) is 19.3. The van der Waals surface area contributed by atoms with Crippen LogP contribution in [0.2, 0.25) is 0 Å².